The molecule has 62 valence electrons. The Morgan fingerprint density at radius 1 is 1.55 bits per heavy atom. The van der Waals surface area contributed by atoms with Crippen LogP contribution < -0.4 is 5.73 Å². The van der Waals surface area contributed by atoms with E-state index in [0.717, 1.165) is 24.4 Å². The van der Waals surface area contributed by atoms with Crippen LogP contribution in [0.2, 0.25) is 0 Å². The molecule has 1 aromatic rings. The molecule has 0 bridgehead atoms. The predicted molar refractivity (Wildman–Crippen MR) is 45.3 cm³/mol. The third-order valence-corrected chi connectivity index (χ3v) is 1.63. The number of hydrogen-bond donors (Lipinski definition) is 1. The molecule has 2 nitrogen and oxygen atoms in total. The molecule has 0 fully saturated rings. The Morgan fingerprint density at radius 3 is 2.73 bits per heavy atom. The van der Waals surface area contributed by atoms with E-state index in [1.54, 1.807) is 0 Å². The van der Waals surface area contributed by atoms with Gasteiger partial charge in [0, 0.05) is 6.42 Å². The van der Waals surface area contributed by atoms with Crippen LogP contribution in [0.15, 0.2) is 16.5 Å². The van der Waals surface area contributed by atoms with Crippen LogP contribution in [0.4, 0.5) is 0 Å². The van der Waals surface area contributed by atoms with Gasteiger partial charge >= 0.3 is 0 Å². The smallest absolute Gasteiger partial charge is 0.120 e. The molecule has 0 amide bonds. The minimum absolute atomic E-state index is 0.0145. The zero-order valence-electron chi connectivity index (χ0n) is 7.13. The van der Waals surface area contributed by atoms with Crippen molar-refractivity contribution in [2.45, 2.75) is 32.7 Å². The molecule has 0 radical (unpaired) electrons. The first-order chi connectivity index (χ1) is 5.24. The maximum Gasteiger partial charge on any atom is 0.120 e. The summed E-state index contributed by atoms with van der Waals surface area (Å²) < 4.78 is 5.46. The normalized spacial score (nSPS) is 13.4. The van der Waals surface area contributed by atoms with Crippen molar-refractivity contribution in [3.05, 3.63) is 23.7 Å². The molecule has 11 heavy (non-hydrogen) atoms. The molecule has 0 aromatic carbocycles. The Morgan fingerprint density at radius 2 is 2.27 bits per heavy atom. The Labute approximate surface area is 67.4 Å². The van der Waals surface area contributed by atoms with Gasteiger partial charge < -0.3 is 10.2 Å². The van der Waals surface area contributed by atoms with Gasteiger partial charge in [-0.05, 0) is 25.5 Å². The molecule has 2 heteroatoms. The van der Waals surface area contributed by atoms with Crippen molar-refractivity contribution in [1.82, 2.24) is 0 Å². The summed E-state index contributed by atoms with van der Waals surface area (Å²) in [6.45, 7) is 4.06. The summed E-state index contributed by atoms with van der Waals surface area (Å²) in [5.41, 5.74) is 5.63. The topological polar surface area (TPSA) is 39.2 Å². The second-order valence-electron chi connectivity index (χ2n) is 2.84. The van der Waals surface area contributed by atoms with Gasteiger partial charge in [0.25, 0.3) is 0 Å². The summed E-state index contributed by atoms with van der Waals surface area (Å²) in [6.07, 6.45) is 2.12. The number of furan rings is 1. The lowest BCUT2D eigenvalue weighted by molar-refractivity contribution is 0.440. The Hall–Kier alpha value is -0.760. The molecule has 0 aliphatic heterocycles. The van der Waals surface area contributed by atoms with Gasteiger partial charge in [0.1, 0.15) is 11.5 Å². The summed E-state index contributed by atoms with van der Waals surface area (Å²) in [4.78, 5) is 0. The van der Waals surface area contributed by atoms with Crippen molar-refractivity contribution in [1.29, 1.82) is 0 Å². The average molecular weight is 153 g/mol. The van der Waals surface area contributed by atoms with Crippen molar-refractivity contribution < 1.29 is 4.42 Å². The van der Waals surface area contributed by atoms with Crippen molar-refractivity contribution in [2.24, 2.45) is 5.73 Å². The molecule has 0 saturated heterocycles. The molecule has 0 unspecified atom stereocenters. The first-order valence-electron chi connectivity index (χ1n) is 4.08. The van der Waals surface area contributed by atoms with Gasteiger partial charge in [-0.25, -0.2) is 0 Å². The molecule has 2 N–H and O–H groups in total. The highest BCUT2D eigenvalue weighted by molar-refractivity contribution is 5.09. The van der Waals surface area contributed by atoms with Crippen molar-refractivity contribution in [2.75, 3.05) is 0 Å². The fraction of sp³-hybridized carbons (Fsp3) is 0.556. The lowest BCUT2D eigenvalue weighted by Crippen LogP contribution is -2.02. The van der Waals surface area contributed by atoms with Crippen LogP contribution in [0.1, 0.15) is 37.8 Å². The van der Waals surface area contributed by atoms with E-state index < -0.39 is 0 Å². The van der Waals surface area contributed by atoms with Gasteiger partial charge in [-0.1, -0.05) is 6.92 Å². The predicted octanol–water partition coefficient (Wildman–Crippen LogP) is 2.25. The van der Waals surface area contributed by atoms with Crippen LogP contribution in [0.3, 0.4) is 0 Å². The maximum absolute atomic E-state index is 5.63. The second kappa shape index (κ2) is 3.58. The highest BCUT2D eigenvalue weighted by atomic mass is 16.3. The SMILES string of the molecule is CCCc1ccc([C@@H](C)N)o1. The van der Waals surface area contributed by atoms with Crippen LogP contribution in [0.5, 0.6) is 0 Å². The van der Waals surface area contributed by atoms with Gasteiger partial charge in [-0.2, -0.15) is 0 Å². The zero-order chi connectivity index (χ0) is 8.27. The van der Waals surface area contributed by atoms with E-state index in [2.05, 4.69) is 6.92 Å². The fourth-order valence-corrected chi connectivity index (χ4v) is 1.02. The van der Waals surface area contributed by atoms with Gasteiger partial charge in [0.15, 0.2) is 0 Å². The summed E-state index contributed by atoms with van der Waals surface area (Å²) in [5, 5.41) is 0. The first kappa shape index (κ1) is 8.34. The Balaban J connectivity index is 2.66. The lowest BCUT2D eigenvalue weighted by atomic mass is 10.2. The Kier molecular flexibility index (Phi) is 2.71. The summed E-state index contributed by atoms with van der Waals surface area (Å²) in [6, 6.07) is 3.97. The standard InChI is InChI=1S/C9H15NO/c1-3-4-8-5-6-9(11-8)7(2)10/h5-7H,3-4,10H2,1-2H3/t7-/m1/s1. The van der Waals surface area contributed by atoms with E-state index in [-0.39, 0.29) is 6.04 Å². The number of rotatable bonds is 3. The van der Waals surface area contributed by atoms with Crippen LogP contribution in [0, 0.1) is 0 Å². The number of hydrogen-bond acceptors (Lipinski definition) is 2. The van der Waals surface area contributed by atoms with Gasteiger partial charge in [0.05, 0.1) is 6.04 Å². The molecular formula is C9H15NO. The zero-order valence-corrected chi connectivity index (χ0v) is 7.13. The monoisotopic (exact) mass is 153 g/mol. The average Bonchev–Trinajstić information content (AvgIpc) is 2.37. The van der Waals surface area contributed by atoms with Crippen LogP contribution in [0.25, 0.3) is 0 Å². The van der Waals surface area contributed by atoms with Crippen LogP contribution in [-0.2, 0) is 6.42 Å². The molecular weight excluding hydrogens is 138 g/mol. The van der Waals surface area contributed by atoms with E-state index in [0.29, 0.717) is 0 Å². The summed E-state index contributed by atoms with van der Waals surface area (Å²) in [7, 11) is 0. The summed E-state index contributed by atoms with van der Waals surface area (Å²) in [5.74, 6) is 1.92. The molecule has 0 spiro atoms. The molecule has 1 rings (SSSR count). The summed E-state index contributed by atoms with van der Waals surface area (Å²) >= 11 is 0. The first-order valence-corrected chi connectivity index (χ1v) is 4.08. The number of aryl methyl sites for hydroxylation is 1. The highest BCUT2D eigenvalue weighted by Crippen LogP contribution is 2.14. The van der Waals surface area contributed by atoms with Crippen LogP contribution in [-0.4, -0.2) is 0 Å². The highest BCUT2D eigenvalue weighted by Gasteiger charge is 2.04. The van der Waals surface area contributed by atoms with Crippen molar-refractivity contribution in [3.8, 4) is 0 Å². The van der Waals surface area contributed by atoms with E-state index in [4.69, 9.17) is 10.2 Å². The largest absolute Gasteiger partial charge is 0.464 e. The van der Waals surface area contributed by atoms with E-state index >= 15 is 0 Å². The van der Waals surface area contributed by atoms with Gasteiger partial charge in [-0.3, -0.25) is 0 Å². The minimum Gasteiger partial charge on any atom is -0.464 e. The number of nitrogens with two attached hydrogens (primary N) is 1. The second-order valence-corrected chi connectivity index (χ2v) is 2.84. The third-order valence-electron chi connectivity index (χ3n) is 1.63. The molecule has 1 aromatic heterocycles. The minimum atomic E-state index is 0.0145. The Bertz CT molecular complexity index is 215. The quantitative estimate of drug-likeness (QED) is 0.723. The lowest BCUT2D eigenvalue weighted by Gasteiger charge is -1.98. The van der Waals surface area contributed by atoms with Crippen molar-refractivity contribution >= 4 is 0 Å². The van der Waals surface area contributed by atoms with Gasteiger partial charge in [-0.15, -0.1) is 0 Å². The molecule has 1 heterocycles. The molecule has 0 aliphatic carbocycles. The fourth-order valence-electron chi connectivity index (χ4n) is 1.02. The third kappa shape index (κ3) is 2.09. The van der Waals surface area contributed by atoms with E-state index in [1.165, 1.54) is 0 Å². The molecule has 0 aliphatic rings. The van der Waals surface area contributed by atoms with Gasteiger partial charge in [0.2, 0.25) is 0 Å². The maximum atomic E-state index is 5.63. The van der Waals surface area contributed by atoms with Crippen LogP contribution >= 0.6 is 0 Å². The van der Waals surface area contributed by atoms with E-state index in [1.807, 2.05) is 19.1 Å². The molecule has 1 atom stereocenters. The van der Waals surface area contributed by atoms with Crippen molar-refractivity contribution in [3.63, 3.8) is 0 Å². The van der Waals surface area contributed by atoms with E-state index in [9.17, 15) is 0 Å². The molecule has 0 saturated carbocycles.